The zero-order chi connectivity index (χ0) is 58.7. The van der Waals surface area contributed by atoms with Crippen LogP contribution in [0, 0.1) is 5.41 Å². The Bertz CT molecular complexity index is 1730. The van der Waals surface area contributed by atoms with E-state index in [0.717, 1.165) is 0 Å². The summed E-state index contributed by atoms with van der Waals surface area (Å²) in [6.45, 7) is -2.79. The highest BCUT2D eigenvalue weighted by molar-refractivity contribution is 8.01. The molecule has 0 fully saturated rings. The lowest BCUT2D eigenvalue weighted by Gasteiger charge is -2.45. The van der Waals surface area contributed by atoms with Gasteiger partial charge in [0.05, 0.1) is 6.61 Å². The molecule has 0 saturated heterocycles. The number of hydrogen-bond acceptors (Lipinski definition) is 3. The summed E-state index contributed by atoms with van der Waals surface area (Å²) in [5, 5.41) is -6.38. The molecule has 0 rings (SSSR count). The quantitative estimate of drug-likeness (QED) is 0.0768. The van der Waals surface area contributed by atoms with Crippen LogP contribution >= 0.6 is 35.1 Å². The molecule has 0 aromatic rings. The Morgan fingerprint density at radius 2 is 0.380 bits per heavy atom. The van der Waals surface area contributed by atoms with Crippen LogP contribution in [0.5, 0.6) is 0 Å². The second-order valence-corrected chi connectivity index (χ2v) is 16.0. The fraction of sp³-hybridized carbons (Fsp3) is 1.00. The summed E-state index contributed by atoms with van der Waals surface area (Å²) in [7, 11) is 0. The van der Waals surface area contributed by atoms with Gasteiger partial charge in [0.1, 0.15) is 0 Å². The van der Waals surface area contributed by atoms with Crippen molar-refractivity contribution in [2.45, 2.75) is 118 Å². The predicted octanol–water partition coefficient (Wildman–Crippen LogP) is 15.1. The largest absolute Gasteiger partial charge is 0.460 e. The van der Waals surface area contributed by atoms with E-state index in [1.165, 1.54) is 0 Å². The molecule has 0 saturated carbocycles. The van der Waals surface area contributed by atoms with Crippen molar-refractivity contribution >= 4 is 35.1 Å². The van der Waals surface area contributed by atoms with Crippen molar-refractivity contribution in [3.05, 3.63) is 0 Å². The molecular formula is C25H9ClF42OS2. The van der Waals surface area contributed by atoms with Crippen LogP contribution in [-0.4, -0.2) is 147 Å². The van der Waals surface area contributed by atoms with E-state index in [1.54, 1.807) is 0 Å². The molecule has 0 aliphatic rings. The first-order valence-corrected chi connectivity index (χ1v) is 17.9. The summed E-state index contributed by atoms with van der Waals surface area (Å²) in [6, 6.07) is 0. The van der Waals surface area contributed by atoms with Crippen LogP contribution in [0.4, 0.5) is 184 Å². The second kappa shape index (κ2) is 18.1. The Morgan fingerprint density at radius 3 is 0.507 bits per heavy atom. The minimum absolute atomic E-state index is 2.43. The smallest absolute Gasteiger partial charge is 0.396 e. The van der Waals surface area contributed by atoms with Crippen LogP contribution < -0.4 is 0 Å². The van der Waals surface area contributed by atoms with Crippen molar-refractivity contribution in [1.29, 1.82) is 0 Å². The molecule has 0 aromatic heterocycles. The minimum Gasteiger partial charge on any atom is -0.396 e. The molecule has 0 radical (unpaired) electrons. The van der Waals surface area contributed by atoms with E-state index in [4.69, 9.17) is 11.6 Å². The maximum Gasteiger partial charge on any atom is 0.460 e. The van der Waals surface area contributed by atoms with Crippen molar-refractivity contribution < 1.29 is 190 Å². The average Bonchev–Trinajstić information content (AvgIpc) is 3.15. The summed E-state index contributed by atoms with van der Waals surface area (Å²) in [5.74, 6) is -159. The van der Waals surface area contributed by atoms with Gasteiger partial charge in [0.2, 0.25) is 0 Å². The normalized spacial score (nSPS) is 17.1. The first-order valence-electron chi connectivity index (χ1n) is 15.4. The molecule has 0 aliphatic carbocycles. The Balaban J connectivity index is 7.26. The standard InChI is InChI=1S/C25H9ClF42OS2/c26-1-5(2-69,3-70-24(65,66)20(55,56)16(47,48)12(39,40)8(31,32)6(27,28)10(35,36)14(43,44)18(51,52)22(59,60)61)4-71-25(67,68)21(57,58)17(49,50)13(41,42)9(33,34)7(29,30)11(37,38)15(45,46)19(53,54)23(62,63)64/h69H,1-4H2. The van der Waals surface area contributed by atoms with Crippen molar-refractivity contribution in [2.75, 3.05) is 24.0 Å². The van der Waals surface area contributed by atoms with Crippen LogP contribution in [0.15, 0.2) is 0 Å². The molecule has 428 valence electrons. The number of halogens is 43. The SMILES string of the molecule is OCC(CCl)(CSC(F)(F)C(F)(F)C(F)(F)C(F)(F)C(F)(F)C(F)(F)C(F)(F)C(F)(F)C(F)(F)C(F)(F)F)CSC(F)(F)C(F)(F)C(F)(F)C(F)(F)C(F)(F)C(F)(F)C(F)(F)C(F)(F)C(F)(F)C(F)(F)F. The van der Waals surface area contributed by atoms with Gasteiger partial charge in [-0.2, -0.15) is 184 Å². The first kappa shape index (κ1) is 69.0. The van der Waals surface area contributed by atoms with E-state index in [1.807, 2.05) is 0 Å². The molecule has 0 aliphatic heterocycles. The van der Waals surface area contributed by atoms with Crippen molar-refractivity contribution in [3.8, 4) is 0 Å². The Labute approximate surface area is 372 Å². The number of rotatable bonds is 24. The van der Waals surface area contributed by atoms with Gasteiger partial charge in [0.25, 0.3) is 0 Å². The average molecular weight is 1220 g/mol. The summed E-state index contributed by atoms with van der Waals surface area (Å²) in [6.07, 6.45) is -16.7. The third kappa shape index (κ3) is 9.15. The Morgan fingerprint density at radius 1 is 0.239 bits per heavy atom. The Kier molecular flexibility index (Phi) is 17.6. The van der Waals surface area contributed by atoms with E-state index in [2.05, 4.69) is 0 Å². The number of hydrogen-bond donors (Lipinski definition) is 1. The maximum atomic E-state index is 14.4. The number of alkyl halides is 43. The lowest BCUT2D eigenvalue weighted by molar-refractivity contribution is -0.472. The second-order valence-electron chi connectivity index (χ2n) is 13.6. The summed E-state index contributed by atoms with van der Waals surface area (Å²) >= 11 is -0.966. The van der Waals surface area contributed by atoms with Crippen molar-refractivity contribution in [1.82, 2.24) is 0 Å². The van der Waals surface area contributed by atoms with Gasteiger partial charge in [-0.3, -0.25) is 0 Å². The van der Waals surface area contributed by atoms with Gasteiger partial charge in [-0.05, 0) is 0 Å². The molecule has 0 unspecified atom stereocenters. The number of aliphatic hydroxyl groups excluding tert-OH is 1. The van der Waals surface area contributed by atoms with E-state index in [9.17, 15) is 190 Å². The molecule has 0 amide bonds. The van der Waals surface area contributed by atoms with Crippen LogP contribution in [0.3, 0.4) is 0 Å². The van der Waals surface area contributed by atoms with E-state index >= 15 is 0 Å². The molecule has 0 heterocycles. The third-order valence-electron chi connectivity index (χ3n) is 8.70. The maximum absolute atomic E-state index is 14.4. The number of thioether (sulfide) groups is 2. The van der Waals surface area contributed by atoms with E-state index in [-0.39, 0.29) is 0 Å². The summed E-state index contributed by atoms with van der Waals surface area (Å²) in [4.78, 5) is 0. The van der Waals surface area contributed by atoms with Gasteiger partial charge in [0, 0.05) is 22.8 Å². The lowest BCUT2D eigenvalue weighted by atomic mass is 9.87. The zero-order valence-electron chi connectivity index (χ0n) is 30.8. The minimum atomic E-state index is -9.73. The highest BCUT2D eigenvalue weighted by Gasteiger charge is 3.00. The molecule has 0 aromatic carbocycles. The van der Waals surface area contributed by atoms with Crippen LogP contribution in [0.1, 0.15) is 0 Å². The van der Waals surface area contributed by atoms with Gasteiger partial charge >= 0.3 is 118 Å². The van der Waals surface area contributed by atoms with Crippen LogP contribution in [0.2, 0.25) is 0 Å². The van der Waals surface area contributed by atoms with Gasteiger partial charge in [0.15, 0.2) is 0 Å². The topological polar surface area (TPSA) is 20.2 Å². The molecule has 71 heavy (non-hydrogen) atoms. The molecule has 0 spiro atoms. The Hall–Kier alpha value is -1.99. The highest BCUT2D eigenvalue weighted by Crippen LogP contribution is 2.70. The molecule has 0 bridgehead atoms. The first-order chi connectivity index (χ1) is 30.0. The summed E-state index contributed by atoms with van der Waals surface area (Å²) < 4.78 is 572. The highest BCUT2D eigenvalue weighted by atomic mass is 35.5. The fourth-order valence-electron chi connectivity index (χ4n) is 4.01. The molecular weight excluding hydrogens is 1210 g/mol. The molecule has 1 N–H and O–H groups in total. The third-order valence-corrected chi connectivity index (χ3v) is 12.0. The van der Waals surface area contributed by atoms with Gasteiger partial charge in [-0.15, -0.1) is 11.6 Å². The van der Waals surface area contributed by atoms with Gasteiger partial charge < -0.3 is 5.11 Å². The number of aliphatic hydroxyl groups is 1. The van der Waals surface area contributed by atoms with Crippen LogP contribution in [-0.2, 0) is 0 Å². The molecule has 46 heteroatoms. The van der Waals surface area contributed by atoms with E-state index < -0.39 is 171 Å². The van der Waals surface area contributed by atoms with Crippen molar-refractivity contribution in [3.63, 3.8) is 0 Å². The van der Waals surface area contributed by atoms with Gasteiger partial charge in [-0.25, -0.2) is 0 Å². The van der Waals surface area contributed by atoms with Crippen molar-refractivity contribution in [2.24, 2.45) is 5.41 Å². The van der Waals surface area contributed by atoms with Gasteiger partial charge in [-0.1, -0.05) is 23.5 Å². The lowest BCUT2D eigenvalue weighted by Crippen LogP contribution is -2.76. The van der Waals surface area contributed by atoms with E-state index in [0.29, 0.717) is 0 Å². The monoisotopic (exact) mass is 1220 g/mol. The zero-order valence-corrected chi connectivity index (χ0v) is 33.2. The molecule has 1 nitrogen and oxygen atoms in total. The summed E-state index contributed by atoms with van der Waals surface area (Å²) in [5.41, 5.74) is -4.16. The molecule has 0 atom stereocenters. The fourth-order valence-corrected chi connectivity index (χ4v) is 6.82. The van der Waals surface area contributed by atoms with Crippen LogP contribution in [0.25, 0.3) is 0 Å². The predicted molar refractivity (Wildman–Crippen MR) is 146 cm³/mol.